The molecule has 3 atom stereocenters. The molecule has 0 bridgehead atoms. The van der Waals surface area contributed by atoms with Gasteiger partial charge < -0.3 is 19.1 Å². The Morgan fingerprint density at radius 2 is 2.16 bits per heavy atom. The fourth-order valence-electron chi connectivity index (χ4n) is 3.16. The van der Waals surface area contributed by atoms with Crippen molar-refractivity contribution in [3.63, 3.8) is 0 Å². The number of thioether (sulfide) groups is 1. The topological polar surface area (TPSA) is 77.8 Å². The number of methoxy groups -OCH3 is 2. The van der Waals surface area contributed by atoms with Crippen molar-refractivity contribution in [1.29, 1.82) is 0 Å². The second kappa shape index (κ2) is 8.82. The first-order valence-electron chi connectivity index (χ1n) is 8.15. The second-order valence-corrected chi connectivity index (χ2v) is 7.30. The van der Waals surface area contributed by atoms with Crippen LogP contribution in [0.5, 0.6) is 0 Å². The van der Waals surface area contributed by atoms with Crippen LogP contribution in [0.2, 0.25) is 0 Å². The fourth-order valence-corrected chi connectivity index (χ4v) is 3.97. The third kappa shape index (κ3) is 4.24. The third-order valence-corrected chi connectivity index (χ3v) is 5.46. The SMILES string of the molecule is COCCSCCn1cc(C(=O)O)c(=O)c2c1C(OC)C(C)C(F)C2. The zero-order valence-electron chi connectivity index (χ0n) is 14.7. The highest BCUT2D eigenvalue weighted by atomic mass is 32.2. The van der Waals surface area contributed by atoms with E-state index < -0.39 is 29.6 Å². The number of fused-ring (bicyclic) bond motifs is 1. The number of carboxylic acid groups (broad SMARTS) is 1. The predicted octanol–water partition coefficient (Wildman–Crippen LogP) is 2.14. The van der Waals surface area contributed by atoms with Gasteiger partial charge in [-0.3, -0.25) is 4.79 Å². The van der Waals surface area contributed by atoms with Gasteiger partial charge >= 0.3 is 5.97 Å². The van der Waals surface area contributed by atoms with Crippen molar-refractivity contribution in [1.82, 2.24) is 4.57 Å². The summed E-state index contributed by atoms with van der Waals surface area (Å²) in [5.74, 6) is -0.153. The van der Waals surface area contributed by atoms with Gasteiger partial charge in [0.1, 0.15) is 17.8 Å². The first-order valence-corrected chi connectivity index (χ1v) is 9.30. The van der Waals surface area contributed by atoms with Gasteiger partial charge in [0.2, 0.25) is 0 Å². The molecule has 1 heterocycles. The quantitative estimate of drug-likeness (QED) is 0.704. The molecule has 1 aliphatic rings. The summed E-state index contributed by atoms with van der Waals surface area (Å²) in [5.41, 5.74) is -0.106. The van der Waals surface area contributed by atoms with E-state index >= 15 is 0 Å². The minimum atomic E-state index is -1.29. The lowest BCUT2D eigenvalue weighted by Gasteiger charge is -2.35. The van der Waals surface area contributed by atoms with Crippen LogP contribution >= 0.6 is 11.8 Å². The van der Waals surface area contributed by atoms with E-state index in [-0.39, 0.29) is 17.5 Å². The van der Waals surface area contributed by atoms with Crippen molar-refractivity contribution >= 4 is 17.7 Å². The number of aryl methyl sites for hydroxylation is 1. The van der Waals surface area contributed by atoms with Crippen molar-refractivity contribution in [3.8, 4) is 0 Å². The smallest absolute Gasteiger partial charge is 0.341 e. The summed E-state index contributed by atoms with van der Waals surface area (Å²) < 4.78 is 26.6. The Kier molecular flexibility index (Phi) is 7.04. The first kappa shape index (κ1) is 19.9. The van der Waals surface area contributed by atoms with Gasteiger partial charge in [-0.2, -0.15) is 11.8 Å². The van der Waals surface area contributed by atoms with E-state index in [4.69, 9.17) is 9.47 Å². The van der Waals surface area contributed by atoms with Gasteiger partial charge in [-0.1, -0.05) is 6.92 Å². The monoisotopic (exact) mass is 373 g/mol. The Bertz CT molecular complexity index is 678. The van der Waals surface area contributed by atoms with Crippen molar-refractivity contribution < 1.29 is 23.8 Å². The molecule has 0 saturated heterocycles. The van der Waals surface area contributed by atoms with Gasteiger partial charge in [-0.25, -0.2) is 9.18 Å². The highest BCUT2D eigenvalue weighted by Crippen LogP contribution is 2.37. The Morgan fingerprint density at radius 3 is 2.76 bits per heavy atom. The molecule has 0 amide bonds. The molecule has 140 valence electrons. The van der Waals surface area contributed by atoms with Crippen LogP contribution in [0.3, 0.4) is 0 Å². The van der Waals surface area contributed by atoms with E-state index in [1.165, 1.54) is 13.3 Å². The molecule has 3 unspecified atom stereocenters. The van der Waals surface area contributed by atoms with Gasteiger partial charge in [0.15, 0.2) is 5.43 Å². The molecule has 6 nitrogen and oxygen atoms in total. The normalized spacial score (nSPS) is 22.6. The lowest BCUT2D eigenvalue weighted by atomic mass is 9.83. The van der Waals surface area contributed by atoms with Crippen LogP contribution in [0, 0.1) is 5.92 Å². The van der Waals surface area contributed by atoms with E-state index in [1.54, 1.807) is 30.4 Å². The molecule has 0 aromatic carbocycles. The largest absolute Gasteiger partial charge is 0.477 e. The van der Waals surface area contributed by atoms with Gasteiger partial charge in [0.25, 0.3) is 0 Å². The molecule has 1 aromatic heterocycles. The minimum absolute atomic E-state index is 0.0763. The number of pyridine rings is 1. The standard InChI is InChI=1S/C17H24FNO5S/c1-10-13(18)8-11-14(16(10)24-3)19(4-6-25-7-5-23-2)9-12(15(11)20)17(21)22/h9-10,13,16H,4-8H2,1-3H3,(H,21,22). The summed E-state index contributed by atoms with van der Waals surface area (Å²) in [4.78, 5) is 23.9. The maximum atomic E-state index is 14.3. The van der Waals surface area contributed by atoms with Gasteiger partial charge in [0.05, 0.1) is 12.3 Å². The van der Waals surface area contributed by atoms with Gasteiger partial charge in [0, 0.05) is 56.4 Å². The van der Waals surface area contributed by atoms with E-state index in [0.717, 1.165) is 11.5 Å². The molecule has 0 aliphatic heterocycles. The Labute approximate surface area is 150 Å². The van der Waals surface area contributed by atoms with E-state index in [2.05, 4.69) is 0 Å². The zero-order valence-corrected chi connectivity index (χ0v) is 15.5. The summed E-state index contributed by atoms with van der Waals surface area (Å²) in [7, 11) is 3.12. The van der Waals surface area contributed by atoms with Crippen LogP contribution in [0.25, 0.3) is 0 Å². The number of carboxylic acids is 1. The molecule has 0 radical (unpaired) electrons. The summed E-state index contributed by atoms with van der Waals surface area (Å²) in [6.07, 6.45) is -0.526. The summed E-state index contributed by atoms with van der Waals surface area (Å²) in [6, 6.07) is 0. The van der Waals surface area contributed by atoms with Gasteiger partial charge in [-0.15, -0.1) is 0 Å². The zero-order chi connectivity index (χ0) is 18.6. The Balaban J connectivity index is 2.43. The summed E-state index contributed by atoms with van der Waals surface area (Å²) >= 11 is 1.67. The number of ether oxygens (including phenoxy) is 2. The Hall–Kier alpha value is -1.38. The van der Waals surface area contributed by atoms with Crippen molar-refractivity contribution in [2.75, 3.05) is 32.3 Å². The average molecular weight is 373 g/mol. The van der Waals surface area contributed by atoms with E-state index in [1.807, 2.05) is 0 Å². The first-order chi connectivity index (χ1) is 11.9. The molecule has 0 spiro atoms. The minimum Gasteiger partial charge on any atom is -0.477 e. The average Bonchev–Trinajstić information content (AvgIpc) is 2.58. The lowest BCUT2D eigenvalue weighted by molar-refractivity contribution is 0.00633. The highest BCUT2D eigenvalue weighted by Gasteiger charge is 2.38. The van der Waals surface area contributed by atoms with Crippen LogP contribution < -0.4 is 5.43 Å². The van der Waals surface area contributed by atoms with Gasteiger partial charge in [-0.05, 0) is 0 Å². The number of aromatic carboxylic acids is 1. The summed E-state index contributed by atoms with van der Waals surface area (Å²) in [5, 5.41) is 9.31. The number of rotatable bonds is 8. The summed E-state index contributed by atoms with van der Waals surface area (Å²) in [6.45, 7) is 2.89. The maximum absolute atomic E-state index is 14.3. The van der Waals surface area contributed by atoms with Crippen molar-refractivity contribution in [3.05, 3.63) is 33.2 Å². The number of alkyl halides is 1. The third-order valence-electron chi connectivity index (χ3n) is 4.53. The van der Waals surface area contributed by atoms with Crippen LogP contribution in [0.1, 0.15) is 34.6 Å². The fraction of sp³-hybridized carbons (Fsp3) is 0.647. The number of hydrogen-bond acceptors (Lipinski definition) is 5. The molecule has 1 aliphatic carbocycles. The van der Waals surface area contributed by atoms with Crippen LogP contribution in [0.4, 0.5) is 4.39 Å². The number of aromatic nitrogens is 1. The molecular weight excluding hydrogens is 349 g/mol. The maximum Gasteiger partial charge on any atom is 0.341 e. The van der Waals surface area contributed by atoms with E-state index in [0.29, 0.717) is 18.8 Å². The van der Waals surface area contributed by atoms with Crippen molar-refractivity contribution in [2.24, 2.45) is 5.92 Å². The molecule has 2 rings (SSSR count). The number of nitrogens with zero attached hydrogens (tertiary/aromatic N) is 1. The highest BCUT2D eigenvalue weighted by molar-refractivity contribution is 7.99. The predicted molar refractivity (Wildman–Crippen MR) is 94.4 cm³/mol. The molecule has 0 saturated carbocycles. The molecular formula is C17H24FNO5S. The molecule has 25 heavy (non-hydrogen) atoms. The van der Waals surface area contributed by atoms with E-state index in [9.17, 15) is 19.1 Å². The molecule has 8 heteroatoms. The molecule has 0 fully saturated rings. The number of hydrogen-bond donors (Lipinski definition) is 1. The lowest BCUT2D eigenvalue weighted by Crippen LogP contribution is -2.38. The van der Waals surface area contributed by atoms with Crippen molar-refractivity contribution in [2.45, 2.75) is 32.2 Å². The molecule has 1 aromatic rings. The van der Waals surface area contributed by atoms with Crippen LogP contribution in [-0.2, 0) is 22.4 Å². The second-order valence-electron chi connectivity index (χ2n) is 6.07. The number of halogens is 1. The Morgan fingerprint density at radius 1 is 1.44 bits per heavy atom. The van der Waals surface area contributed by atoms with Crippen LogP contribution in [0.15, 0.2) is 11.0 Å². The molecule has 1 N–H and O–H groups in total. The number of carbonyl (C=O) groups is 1. The van der Waals surface area contributed by atoms with Crippen LogP contribution in [-0.4, -0.2) is 54.1 Å².